The molecule has 2 heterocycles. The fraction of sp³-hybridized carbons (Fsp3) is 0.222. The third-order valence-corrected chi connectivity index (χ3v) is 3.42. The zero-order valence-corrected chi connectivity index (χ0v) is 9.65. The topological polar surface area (TPSA) is 63.8 Å². The van der Waals surface area contributed by atoms with Crippen molar-refractivity contribution in [1.29, 1.82) is 0 Å². The maximum absolute atomic E-state index is 11.6. The van der Waals surface area contributed by atoms with Crippen molar-refractivity contribution >= 4 is 22.9 Å². The summed E-state index contributed by atoms with van der Waals surface area (Å²) >= 11 is 7.26. The Morgan fingerprint density at radius 2 is 2.33 bits per heavy atom. The van der Waals surface area contributed by atoms with Crippen LogP contribution < -0.4 is 11.3 Å². The molecule has 0 amide bonds. The van der Waals surface area contributed by atoms with Crippen LogP contribution in [0.5, 0.6) is 0 Å². The summed E-state index contributed by atoms with van der Waals surface area (Å²) in [6, 6.07) is 3.67. The second-order valence-electron chi connectivity index (χ2n) is 3.14. The van der Waals surface area contributed by atoms with Gasteiger partial charge in [-0.15, -0.1) is 11.3 Å². The first-order valence-corrected chi connectivity index (χ1v) is 5.56. The van der Waals surface area contributed by atoms with Gasteiger partial charge >= 0.3 is 0 Å². The van der Waals surface area contributed by atoms with Gasteiger partial charge in [0.1, 0.15) is 0 Å². The molecule has 2 aromatic heterocycles. The number of nitrogens with one attached hydrogen (secondary N) is 1. The van der Waals surface area contributed by atoms with E-state index in [0.29, 0.717) is 9.90 Å². The molecule has 0 aliphatic rings. The van der Waals surface area contributed by atoms with Crippen molar-refractivity contribution in [2.45, 2.75) is 6.54 Å². The van der Waals surface area contributed by atoms with Gasteiger partial charge in [0, 0.05) is 13.6 Å². The molecule has 0 saturated heterocycles. The Labute approximate surface area is 95.3 Å². The fourth-order valence-electron chi connectivity index (χ4n) is 1.44. The van der Waals surface area contributed by atoms with Crippen LogP contribution in [0.15, 0.2) is 16.9 Å². The molecule has 2 rings (SSSR count). The summed E-state index contributed by atoms with van der Waals surface area (Å²) in [5.41, 5.74) is 6.82. The molecular formula is C9H10ClN3OS. The number of aromatic nitrogens is 2. The minimum atomic E-state index is -0.0861. The first-order valence-electron chi connectivity index (χ1n) is 4.37. The summed E-state index contributed by atoms with van der Waals surface area (Å²) in [6.07, 6.45) is 0. The molecule has 0 fully saturated rings. The predicted molar refractivity (Wildman–Crippen MR) is 62.2 cm³/mol. The van der Waals surface area contributed by atoms with E-state index < -0.39 is 0 Å². The highest BCUT2D eigenvalue weighted by Gasteiger charge is 2.13. The largest absolute Gasteiger partial charge is 0.326 e. The molecule has 6 heteroatoms. The van der Waals surface area contributed by atoms with E-state index in [4.69, 9.17) is 17.3 Å². The van der Waals surface area contributed by atoms with Crippen molar-refractivity contribution in [3.63, 3.8) is 0 Å². The van der Waals surface area contributed by atoms with Crippen LogP contribution in [0.2, 0.25) is 4.34 Å². The summed E-state index contributed by atoms with van der Waals surface area (Å²) in [5.74, 6) is 0. The lowest BCUT2D eigenvalue weighted by Gasteiger charge is -1.94. The Bertz CT molecular complexity index is 540. The first-order chi connectivity index (χ1) is 7.13. The van der Waals surface area contributed by atoms with Crippen molar-refractivity contribution in [1.82, 2.24) is 9.78 Å². The number of rotatable bonds is 2. The van der Waals surface area contributed by atoms with Gasteiger partial charge in [0.25, 0.3) is 5.56 Å². The van der Waals surface area contributed by atoms with Gasteiger partial charge in [0.15, 0.2) is 0 Å². The van der Waals surface area contributed by atoms with Gasteiger partial charge in [0.2, 0.25) is 0 Å². The molecule has 0 bridgehead atoms. The predicted octanol–water partition coefficient (Wildman–Crippen LogP) is 1.55. The van der Waals surface area contributed by atoms with Gasteiger partial charge in [-0.25, -0.2) is 0 Å². The summed E-state index contributed by atoms with van der Waals surface area (Å²) in [4.78, 5) is 12.6. The monoisotopic (exact) mass is 243 g/mol. The van der Waals surface area contributed by atoms with E-state index in [0.717, 1.165) is 10.6 Å². The van der Waals surface area contributed by atoms with Crippen molar-refractivity contribution < 1.29 is 0 Å². The molecule has 0 radical (unpaired) electrons. The Kier molecular flexibility index (Phi) is 2.68. The average molecular weight is 244 g/mol. The zero-order valence-electron chi connectivity index (χ0n) is 8.08. The second-order valence-corrected chi connectivity index (χ2v) is 4.85. The standard InChI is InChI=1S/C9H10ClN3OS/c1-13-9(14)5(4-11)8(12-13)6-2-3-7(10)15-6/h2-3,12H,4,11H2,1H3. The van der Waals surface area contributed by atoms with Crippen LogP contribution in [0.1, 0.15) is 5.56 Å². The summed E-state index contributed by atoms with van der Waals surface area (Å²) in [7, 11) is 1.67. The quantitative estimate of drug-likeness (QED) is 0.841. The van der Waals surface area contributed by atoms with Crippen molar-refractivity contribution in [3.8, 4) is 10.6 Å². The molecule has 80 valence electrons. The normalized spacial score (nSPS) is 10.9. The summed E-state index contributed by atoms with van der Waals surface area (Å²) in [6.45, 7) is 0.223. The minimum absolute atomic E-state index is 0.0861. The third kappa shape index (κ3) is 1.73. The van der Waals surface area contributed by atoms with Crippen molar-refractivity contribution in [2.75, 3.05) is 0 Å². The van der Waals surface area contributed by atoms with E-state index in [9.17, 15) is 4.79 Å². The molecule has 0 saturated carbocycles. The number of nitrogens with two attached hydrogens (primary N) is 1. The molecular weight excluding hydrogens is 234 g/mol. The zero-order chi connectivity index (χ0) is 11.0. The van der Waals surface area contributed by atoms with Gasteiger partial charge in [0.05, 0.1) is 20.5 Å². The van der Waals surface area contributed by atoms with E-state index in [2.05, 4.69) is 5.10 Å². The third-order valence-electron chi connectivity index (χ3n) is 2.17. The molecule has 0 aromatic carbocycles. The SMILES string of the molecule is Cn1[nH]c(-c2ccc(Cl)s2)c(CN)c1=O. The molecule has 0 aliphatic heterocycles. The Morgan fingerprint density at radius 3 is 2.87 bits per heavy atom. The minimum Gasteiger partial charge on any atom is -0.326 e. The number of halogens is 1. The highest BCUT2D eigenvalue weighted by atomic mass is 35.5. The van der Waals surface area contributed by atoms with Crippen LogP contribution in [-0.2, 0) is 13.6 Å². The van der Waals surface area contributed by atoms with E-state index in [1.54, 1.807) is 13.1 Å². The number of thiophene rings is 1. The molecule has 0 aliphatic carbocycles. The van der Waals surface area contributed by atoms with Gasteiger partial charge in [-0.3, -0.25) is 14.6 Å². The van der Waals surface area contributed by atoms with Crippen LogP contribution in [0.25, 0.3) is 10.6 Å². The highest BCUT2D eigenvalue weighted by Crippen LogP contribution is 2.30. The molecule has 0 atom stereocenters. The van der Waals surface area contributed by atoms with Crippen LogP contribution >= 0.6 is 22.9 Å². The highest BCUT2D eigenvalue weighted by molar-refractivity contribution is 7.19. The van der Waals surface area contributed by atoms with Crippen LogP contribution in [0.3, 0.4) is 0 Å². The second kappa shape index (κ2) is 3.84. The van der Waals surface area contributed by atoms with Crippen LogP contribution in [0.4, 0.5) is 0 Å². The molecule has 2 aromatic rings. The van der Waals surface area contributed by atoms with Crippen molar-refractivity contribution in [3.05, 3.63) is 32.4 Å². The summed E-state index contributed by atoms with van der Waals surface area (Å²) < 4.78 is 2.11. The lowest BCUT2D eigenvalue weighted by atomic mass is 10.2. The van der Waals surface area contributed by atoms with E-state index in [1.807, 2.05) is 6.07 Å². The first kappa shape index (κ1) is 10.5. The number of nitrogens with zero attached hydrogens (tertiary/aromatic N) is 1. The Balaban J connectivity index is 2.62. The van der Waals surface area contributed by atoms with Crippen molar-refractivity contribution in [2.24, 2.45) is 12.8 Å². The molecule has 0 unspecified atom stereocenters. The van der Waals surface area contributed by atoms with Gasteiger partial charge < -0.3 is 5.73 Å². The molecule has 15 heavy (non-hydrogen) atoms. The number of aryl methyl sites for hydroxylation is 1. The summed E-state index contributed by atoms with van der Waals surface area (Å²) in [5, 5.41) is 2.97. The van der Waals surface area contributed by atoms with E-state index in [1.165, 1.54) is 16.0 Å². The average Bonchev–Trinajstić information content (AvgIpc) is 2.73. The lowest BCUT2D eigenvalue weighted by molar-refractivity contribution is 0.740. The Morgan fingerprint density at radius 1 is 1.60 bits per heavy atom. The molecule has 4 nitrogen and oxygen atoms in total. The maximum atomic E-state index is 11.6. The number of hydrogen-bond acceptors (Lipinski definition) is 3. The van der Waals surface area contributed by atoms with Crippen LogP contribution in [-0.4, -0.2) is 9.78 Å². The van der Waals surface area contributed by atoms with Gasteiger partial charge in [-0.05, 0) is 12.1 Å². The maximum Gasteiger partial charge on any atom is 0.271 e. The molecule has 3 N–H and O–H groups in total. The lowest BCUT2D eigenvalue weighted by Crippen LogP contribution is -2.17. The van der Waals surface area contributed by atoms with E-state index in [-0.39, 0.29) is 12.1 Å². The van der Waals surface area contributed by atoms with Gasteiger partial charge in [-0.2, -0.15) is 0 Å². The van der Waals surface area contributed by atoms with Crippen LogP contribution in [0, 0.1) is 0 Å². The smallest absolute Gasteiger partial charge is 0.271 e. The number of H-pyrrole nitrogens is 1. The number of hydrogen-bond donors (Lipinski definition) is 2. The fourth-order valence-corrected chi connectivity index (χ4v) is 2.50. The molecule has 0 spiro atoms. The van der Waals surface area contributed by atoms with Gasteiger partial charge in [-0.1, -0.05) is 11.6 Å². The number of aromatic amines is 1. The van der Waals surface area contributed by atoms with E-state index >= 15 is 0 Å². The Hall–Kier alpha value is -1.04.